The first kappa shape index (κ1) is 17.6. The smallest absolute Gasteiger partial charge is 0.246 e. The SMILES string of the molecule is CCCC(=O)N1CSCC1C(=O)N1CCC(CNCC)CC1. The lowest BCUT2D eigenvalue weighted by Gasteiger charge is -2.35. The number of carbonyl (C=O) groups is 2. The maximum absolute atomic E-state index is 12.7. The van der Waals surface area contributed by atoms with Crippen LogP contribution in [-0.2, 0) is 9.59 Å². The predicted molar refractivity (Wildman–Crippen MR) is 90.7 cm³/mol. The molecule has 0 saturated carbocycles. The van der Waals surface area contributed by atoms with Crippen LogP contribution in [0.1, 0.15) is 39.5 Å². The second kappa shape index (κ2) is 8.77. The van der Waals surface area contributed by atoms with Crippen LogP contribution >= 0.6 is 11.8 Å². The van der Waals surface area contributed by atoms with Gasteiger partial charge in [-0.15, -0.1) is 11.8 Å². The van der Waals surface area contributed by atoms with Gasteiger partial charge in [-0.05, 0) is 38.3 Å². The largest absolute Gasteiger partial charge is 0.341 e. The number of likely N-dealkylation sites (tertiary alicyclic amines) is 1. The van der Waals surface area contributed by atoms with Crippen molar-refractivity contribution in [2.45, 2.75) is 45.6 Å². The Morgan fingerprint density at radius 1 is 1.23 bits per heavy atom. The molecule has 22 heavy (non-hydrogen) atoms. The Morgan fingerprint density at radius 2 is 1.95 bits per heavy atom. The van der Waals surface area contributed by atoms with E-state index in [4.69, 9.17) is 0 Å². The summed E-state index contributed by atoms with van der Waals surface area (Å²) in [4.78, 5) is 28.7. The van der Waals surface area contributed by atoms with Crippen LogP contribution in [0.15, 0.2) is 0 Å². The van der Waals surface area contributed by atoms with Crippen LogP contribution in [0.2, 0.25) is 0 Å². The molecule has 1 N–H and O–H groups in total. The molecule has 126 valence electrons. The molecule has 0 aromatic heterocycles. The van der Waals surface area contributed by atoms with Gasteiger partial charge in [0.25, 0.3) is 0 Å². The molecule has 0 aromatic rings. The minimum atomic E-state index is -0.227. The average Bonchev–Trinajstić information content (AvgIpc) is 3.02. The number of nitrogens with zero attached hydrogens (tertiary/aromatic N) is 2. The monoisotopic (exact) mass is 327 g/mol. The van der Waals surface area contributed by atoms with Crippen molar-refractivity contribution in [1.29, 1.82) is 0 Å². The van der Waals surface area contributed by atoms with E-state index in [1.807, 2.05) is 11.8 Å². The Hall–Kier alpha value is -0.750. The zero-order chi connectivity index (χ0) is 15.9. The molecular formula is C16H29N3O2S. The summed E-state index contributed by atoms with van der Waals surface area (Å²) in [5, 5.41) is 3.39. The van der Waals surface area contributed by atoms with E-state index in [0.717, 1.165) is 51.2 Å². The molecule has 2 aliphatic heterocycles. The molecule has 2 amide bonds. The standard InChI is InChI=1S/C16H29N3O2S/c1-3-5-15(20)19-12-22-11-14(19)16(21)18-8-6-13(7-9-18)10-17-4-2/h13-14,17H,3-12H2,1-2H3. The third kappa shape index (κ3) is 4.38. The van der Waals surface area contributed by atoms with Crippen molar-refractivity contribution in [2.24, 2.45) is 5.92 Å². The van der Waals surface area contributed by atoms with Crippen LogP contribution < -0.4 is 5.32 Å². The van der Waals surface area contributed by atoms with E-state index < -0.39 is 0 Å². The van der Waals surface area contributed by atoms with Crippen LogP contribution in [0, 0.1) is 5.92 Å². The summed E-state index contributed by atoms with van der Waals surface area (Å²) in [7, 11) is 0. The summed E-state index contributed by atoms with van der Waals surface area (Å²) in [5.74, 6) is 2.40. The summed E-state index contributed by atoms with van der Waals surface area (Å²) in [5.41, 5.74) is 0. The fourth-order valence-corrected chi connectivity index (χ4v) is 4.34. The van der Waals surface area contributed by atoms with Gasteiger partial charge in [-0.25, -0.2) is 0 Å². The van der Waals surface area contributed by atoms with Gasteiger partial charge in [-0.3, -0.25) is 9.59 Å². The molecule has 2 rings (SSSR count). The van der Waals surface area contributed by atoms with Crippen molar-refractivity contribution in [3.05, 3.63) is 0 Å². The summed E-state index contributed by atoms with van der Waals surface area (Å²) < 4.78 is 0. The van der Waals surface area contributed by atoms with Crippen LogP contribution in [0.5, 0.6) is 0 Å². The molecule has 1 unspecified atom stereocenters. The van der Waals surface area contributed by atoms with E-state index in [0.29, 0.717) is 18.2 Å². The Kier molecular flexibility index (Phi) is 7.02. The average molecular weight is 327 g/mol. The molecule has 2 saturated heterocycles. The fraction of sp³-hybridized carbons (Fsp3) is 0.875. The number of thioether (sulfide) groups is 1. The van der Waals surface area contributed by atoms with E-state index in [1.54, 1.807) is 16.7 Å². The molecule has 2 aliphatic rings. The lowest BCUT2D eigenvalue weighted by atomic mass is 9.96. The third-order valence-electron chi connectivity index (χ3n) is 4.56. The molecule has 0 aliphatic carbocycles. The zero-order valence-electron chi connectivity index (χ0n) is 13.8. The topological polar surface area (TPSA) is 52.7 Å². The van der Waals surface area contributed by atoms with E-state index in [2.05, 4.69) is 12.2 Å². The van der Waals surface area contributed by atoms with Crippen molar-refractivity contribution in [1.82, 2.24) is 15.1 Å². The Labute approximate surface area is 138 Å². The van der Waals surface area contributed by atoms with E-state index in [-0.39, 0.29) is 17.9 Å². The van der Waals surface area contributed by atoms with Gasteiger partial charge in [0.1, 0.15) is 6.04 Å². The lowest BCUT2D eigenvalue weighted by molar-refractivity contribution is -0.144. The highest BCUT2D eigenvalue weighted by molar-refractivity contribution is 7.99. The number of hydrogen-bond acceptors (Lipinski definition) is 4. The van der Waals surface area contributed by atoms with Crippen LogP contribution in [-0.4, -0.2) is 65.5 Å². The van der Waals surface area contributed by atoms with Crippen molar-refractivity contribution in [3.63, 3.8) is 0 Å². The molecule has 2 fully saturated rings. The minimum absolute atomic E-state index is 0.132. The van der Waals surface area contributed by atoms with Gasteiger partial charge in [0, 0.05) is 25.3 Å². The van der Waals surface area contributed by atoms with Crippen molar-refractivity contribution < 1.29 is 9.59 Å². The molecular weight excluding hydrogens is 298 g/mol. The van der Waals surface area contributed by atoms with Crippen molar-refractivity contribution >= 4 is 23.6 Å². The van der Waals surface area contributed by atoms with Crippen LogP contribution in [0.25, 0.3) is 0 Å². The second-order valence-electron chi connectivity index (χ2n) is 6.21. The van der Waals surface area contributed by atoms with Gasteiger partial charge in [0.05, 0.1) is 5.88 Å². The number of carbonyl (C=O) groups excluding carboxylic acids is 2. The maximum atomic E-state index is 12.7. The first-order valence-corrected chi connectivity index (χ1v) is 9.69. The summed E-state index contributed by atoms with van der Waals surface area (Å²) in [6, 6.07) is -0.227. The molecule has 0 aromatic carbocycles. The van der Waals surface area contributed by atoms with Crippen LogP contribution in [0.3, 0.4) is 0 Å². The molecule has 0 bridgehead atoms. The number of hydrogen-bond donors (Lipinski definition) is 1. The lowest BCUT2D eigenvalue weighted by Crippen LogP contribution is -2.51. The highest BCUT2D eigenvalue weighted by Gasteiger charge is 2.37. The highest BCUT2D eigenvalue weighted by Crippen LogP contribution is 2.25. The molecule has 1 atom stereocenters. The first-order chi connectivity index (χ1) is 10.7. The quantitative estimate of drug-likeness (QED) is 0.804. The maximum Gasteiger partial charge on any atom is 0.246 e. The molecule has 5 nitrogen and oxygen atoms in total. The van der Waals surface area contributed by atoms with Gasteiger partial charge in [0.15, 0.2) is 0 Å². The third-order valence-corrected chi connectivity index (χ3v) is 5.57. The molecule has 0 spiro atoms. The predicted octanol–water partition coefficient (Wildman–Crippen LogP) is 1.54. The van der Waals surface area contributed by atoms with Gasteiger partial charge in [-0.2, -0.15) is 0 Å². The Morgan fingerprint density at radius 3 is 2.59 bits per heavy atom. The molecule has 6 heteroatoms. The number of amides is 2. The molecule has 2 heterocycles. The minimum Gasteiger partial charge on any atom is -0.341 e. The summed E-state index contributed by atoms with van der Waals surface area (Å²) >= 11 is 1.70. The second-order valence-corrected chi connectivity index (χ2v) is 7.21. The van der Waals surface area contributed by atoms with Crippen molar-refractivity contribution in [2.75, 3.05) is 37.8 Å². The van der Waals surface area contributed by atoms with Crippen LogP contribution in [0.4, 0.5) is 0 Å². The normalized spacial score (nSPS) is 23.1. The first-order valence-electron chi connectivity index (χ1n) is 8.54. The van der Waals surface area contributed by atoms with Gasteiger partial charge >= 0.3 is 0 Å². The van der Waals surface area contributed by atoms with Gasteiger partial charge < -0.3 is 15.1 Å². The summed E-state index contributed by atoms with van der Waals surface area (Å²) in [6.45, 7) is 7.87. The highest BCUT2D eigenvalue weighted by atomic mass is 32.2. The molecule has 0 radical (unpaired) electrons. The van der Waals surface area contributed by atoms with Gasteiger partial charge in [-0.1, -0.05) is 13.8 Å². The zero-order valence-corrected chi connectivity index (χ0v) is 14.7. The Balaban J connectivity index is 1.85. The number of rotatable bonds is 6. The van der Waals surface area contributed by atoms with E-state index in [1.165, 1.54) is 0 Å². The van der Waals surface area contributed by atoms with Gasteiger partial charge in [0.2, 0.25) is 11.8 Å². The van der Waals surface area contributed by atoms with Crippen molar-refractivity contribution in [3.8, 4) is 0 Å². The fourth-order valence-electron chi connectivity index (χ4n) is 3.17. The van der Waals surface area contributed by atoms with E-state index in [9.17, 15) is 9.59 Å². The van der Waals surface area contributed by atoms with E-state index >= 15 is 0 Å². The Bertz CT molecular complexity index is 384. The summed E-state index contributed by atoms with van der Waals surface area (Å²) in [6.07, 6.45) is 3.54. The number of nitrogens with one attached hydrogen (secondary N) is 1. The number of piperidine rings is 1.